The van der Waals surface area contributed by atoms with Crippen LogP contribution < -0.4 is 5.32 Å². The fourth-order valence-corrected chi connectivity index (χ4v) is 3.78. The molecule has 0 saturated carbocycles. The summed E-state index contributed by atoms with van der Waals surface area (Å²) in [4.78, 5) is 18.6. The number of rotatable bonds is 3. The monoisotopic (exact) mass is 295 g/mol. The van der Waals surface area contributed by atoms with E-state index in [0.29, 0.717) is 5.92 Å². The molecule has 2 saturated heterocycles. The lowest BCUT2D eigenvalue weighted by molar-refractivity contribution is -0.132. The maximum Gasteiger partial charge on any atom is 0.248 e. The summed E-state index contributed by atoms with van der Waals surface area (Å²) in [5.41, 5.74) is 1.15. The number of ether oxygens (including phenoxy) is 1. The number of piperidine rings is 1. The molecule has 1 N–H and O–H groups in total. The van der Waals surface area contributed by atoms with Crippen molar-refractivity contribution in [3.63, 3.8) is 0 Å². The van der Waals surface area contributed by atoms with Gasteiger partial charge in [0.2, 0.25) is 5.91 Å². The third kappa shape index (κ3) is 2.87. The van der Waals surface area contributed by atoms with Crippen LogP contribution in [0.5, 0.6) is 0 Å². The van der Waals surface area contributed by atoms with Gasteiger partial charge in [-0.25, -0.2) is 4.98 Å². The van der Waals surface area contributed by atoms with E-state index in [1.807, 2.05) is 6.92 Å². The molecule has 3 atom stereocenters. The third-order valence-electron chi connectivity index (χ3n) is 4.23. The molecule has 110 valence electrons. The second-order valence-electron chi connectivity index (χ2n) is 5.65. The fraction of sp³-hybridized carbons (Fsp3) is 0.714. The highest BCUT2D eigenvalue weighted by atomic mass is 32.1. The van der Waals surface area contributed by atoms with Crippen LogP contribution in [0, 0.1) is 12.8 Å². The number of amides is 1. The first-order chi connectivity index (χ1) is 9.65. The Morgan fingerprint density at radius 1 is 1.65 bits per heavy atom. The number of carbonyl (C=O) groups excluding carboxylic acids is 1. The van der Waals surface area contributed by atoms with Crippen molar-refractivity contribution in [3.8, 4) is 0 Å². The van der Waals surface area contributed by atoms with Gasteiger partial charge in [-0.15, -0.1) is 11.3 Å². The van der Waals surface area contributed by atoms with Gasteiger partial charge in [-0.3, -0.25) is 9.69 Å². The van der Waals surface area contributed by atoms with Crippen molar-refractivity contribution in [2.75, 3.05) is 20.1 Å². The summed E-state index contributed by atoms with van der Waals surface area (Å²) < 4.78 is 5.92. The van der Waals surface area contributed by atoms with Gasteiger partial charge in [0.25, 0.3) is 0 Å². The number of aromatic nitrogens is 1. The normalized spacial score (nSPS) is 30.2. The van der Waals surface area contributed by atoms with Crippen LogP contribution in [0.1, 0.15) is 23.5 Å². The van der Waals surface area contributed by atoms with Crippen molar-refractivity contribution >= 4 is 17.2 Å². The first kappa shape index (κ1) is 14.0. The largest absolute Gasteiger partial charge is 0.364 e. The fourth-order valence-electron chi connectivity index (χ4n) is 3.18. The lowest BCUT2D eigenvalue weighted by Gasteiger charge is -2.33. The minimum Gasteiger partial charge on any atom is -0.364 e. The van der Waals surface area contributed by atoms with E-state index in [2.05, 4.69) is 20.6 Å². The molecule has 3 rings (SSSR count). The predicted molar refractivity (Wildman–Crippen MR) is 77.6 cm³/mol. The highest BCUT2D eigenvalue weighted by molar-refractivity contribution is 7.09. The van der Waals surface area contributed by atoms with Gasteiger partial charge in [0.15, 0.2) is 0 Å². The second-order valence-corrected chi connectivity index (χ2v) is 6.72. The Bertz CT molecular complexity index is 491. The Morgan fingerprint density at radius 2 is 2.50 bits per heavy atom. The third-order valence-corrected chi connectivity index (χ3v) is 5.05. The van der Waals surface area contributed by atoms with Gasteiger partial charge in [0, 0.05) is 25.5 Å². The summed E-state index contributed by atoms with van der Waals surface area (Å²) in [6.07, 6.45) is 1.93. The first-order valence-corrected chi connectivity index (χ1v) is 8.04. The lowest BCUT2D eigenvalue weighted by Crippen LogP contribution is -2.42. The first-order valence-electron chi connectivity index (χ1n) is 7.16. The van der Waals surface area contributed by atoms with Gasteiger partial charge < -0.3 is 10.1 Å². The van der Waals surface area contributed by atoms with Gasteiger partial charge >= 0.3 is 0 Å². The molecular formula is C14H21N3O2S. The molecule has 1 aromatic rings. The number of likely N-dealkylation sites (tertiary alicyclic amines) is 1. The molecule has 3 heterocycles. The van der Waals surface area contributed by atoms with E-state index in [-0.39, 0.29) is 18.1 Å². The average Bonchev–Trinajstić information content (AvgIpc) is 3.03. The van der Waals surface area contributed by atoms with Crippen LogP contribution in [0.15, 0.2) is 5.38 Å². The van der Waals surface area contributed by atoms with Gasteiger partial charge in [-0.2, -0.15) is 0 Å². The second kappa shape index (κ2) is 5.79. The molecule has 2 aliphatic rings. The lowest BCUT2D eigenvalue weighted by atomic mass is 9.91. The van der Waals surface area contributed by atoms with Crippen LogP contribution >= 0.6 is 11.3 Å². The van der Waals surface area contributed by atoms with Crippen LogP contribution in [0.25, 0.3) is 0 Å². The van der Waals surface area contributed by atoms with E-state index in [9.17, 15) is 4.79 Å². The summed E-state index contributed by atoms with van der Waals surface area (Å²) in [7, 11) is 1.67. The number of hydrogen-bond acceptors (Lipinski definition) is 5. The van der Waals surface area contributed by atoms with E-state index in [1.54, 1.807) is 18.4 Å². The number of nitrogens with one attached hydrogen (secondary N) is 1. The standard InChI is InChI=1S/C14H21N3O2S/c1-9-16-11(8-20-9)6-17-4-3-10-5-12(14(18)15-2)19-13(10)7-17/h8,10,12-13H,3-7H2,1-2H3,(H,15,18)/t10-,12+,13+/m1/s1. The topological polar surface area (TPSA) is 54.5 Å². The minimum atomic E-state index is -0.253. The number of fused-ring (bicyclic) bond motifs is 1. The van der Waals surface area contributed by atoms with Gasteiger partial charge in [0.05, 0.1) is 16.8 Å². The number of hydrogen-bond donors (Lipinski definition) is 1. The maximum atomic E-state index is 11.7. The molecule has 1 aromatic heterocycles. The summed E-state index contributed by atoms with van der Waals surface area (Å²) in [5.74, 6) is 0.548. The van der Waals surface area contributed by atoms with Crippen LogP contribution in [-0.4, -0.2) is 48.1 Å². The number of thiazole rings is 1. The molecule has 2 fully saturated rings. The van der Waals surface area contributed by atoms with Crippen molar-refractivity contribution < 1.29 is 9.53 Å². The summed E-state index contributed by atoms with van der Waals surface area (Å²) in [6, 6.07) is 0. The molecule has 0 bridgehead atoms. The molecule has 0 aromatic carbocycles. The quantitative estimate of drug-likeness (QED) is 0.910. The van der Waals surface area contributed by atoms with Crippen molar-refractivity contribution in [2.24, 2.45) is 5.92 Å². The Kier molecular flexibility index (Phi) is 4.05. The van der Waals surface area contributed by atoms with E-state index in [0.717, 1.165) is 43.2 Å². The molecule has 6 heteroatoms. The Hall–Kier alpha value is -0.980. The molecule has 20 heavy (non-hydrogen) atoms. The Balaban J connectivity index is 1.57. The smallest absolute Gasteiger partial charge is 0.248 e. The molecular weight excluding hydrogens is 274 g/mol. The summed E-state index contributed by atoms with van der Waals surface area (Å²) >= 11 is 1.70. The number of likely N-dealkylation sites (N-methyl/N-ethyl adjacent to an activating group) is 1. The number of nitrogens with zero attached hydrogens (tertiary/aromatic N) is 2. The van der Waals surface area contributed by atoms with E-state index in [4.69, 9.17) is 4.74 Å². The zero-order valence-electron chi connectivity index (χ0n) is 12.0. The SMILES string of the molecule is CNC(=O)[C@@H]1C[C@H]2CCN(Cc3csc(C)n3)C[C@@H]2O1. The molecule has 0 unspecified atom stereocenters. The number of carbonyl (C=O) groups is 1. The van der Waals surface area contributed by atoms with Crippen molar-refractivity contribution in [2.45, 2.75) is 38.5 Å². The van der Waals surface area contributed by atoms with Crippen molar-refractivity contribution in [1.29, 1.82) is 0 Å². The van der Waals surface area contributed by atoms with Gasteiger partial charge in [-0.1, -0.05) is 0 Å². The zero-order valence-corrected chi connectivity index (χ0v) is 12.8. The highest BCUT2D eigenvalue weighted by Crippen LogP contribution is 2.33. The molecule has 1 amide bonds. The molecule has 5 nitrogen and oxygen atoms in total. The maximum absolute atomic E-state index is 11.7. The van der Waals surface area contributed by atoms with Crippen molar-refractivity contribution in [3.05, 3.63) is 16.1 Å². The molecule has 2 aliphatic heterocycles. The molecule has 0 radical (unpaired) electrons. The zero-order chi connectivity index (χ0) is 14.1. The van der Waals surface area contributed by atoms with Crippen LogP contribution in [0.4, 0.5) is 0 Å². The van der Waals surface area contributed by atoms with Gasteiger partial charge in [0.1, 0.15) is 6.10 Å². The van der Waals surface area contributed by atoms with Crippen LogP contribution in [0.3, 0.4) is 0 Å². The minimum absolute atomic E-state index is 0.0149. The predicted octanol–water partition coefficient (Wildman–Crippen LogP) is 1.18. The average molecular weight is 295 g/mol. The van der Waals surface area contributed by atoms with E-state index in [1.165, 1.54) is 0 Å². The van der Waals surface area contributed by atoms with Crippen LogP contribution in [0.2, 0.25) is 0 Å². The van der Waals surface area contributed by atoms with E-state index < -0.39 is 0 Å². The van der Waals surface area contributed by atoms with Gasteiger partial charge in [-0.05, 0) is 32.2 Å². The summed E-state index contributed by atoms with van der Waals surface area (Å²) in [6.45, 7) is 4.91. The number of aryl methyl sites for hydroxylation is 1. The summed E-state index contributed by atoms with van der Waals surface area (Å²) in [5, 5.41) is 5.93. The van der Waals surface area contributed by atoms with E-state index >= 15 is 0 Å². The van der Waals surface area contributed by atoms with Crippen LogP contribution in [-0.2, 0) is 16.1 Å². The Labute approximate surface area is 123 Å². The molecule has 0 aliphatic carbocycles. The highest BCUT2D eigenvalue weighted by Gasteiger charge is 2.41. The van der Waals surface area contributed by atoms with Crippen molar-refractivity contribution in [1.82, 2.24) is 15.2 Å². The molecule has 0 spiro atoms. The Morgan fingerprint density at radius 3 is 3.20 bits per heavy atom.